The Balaban J connectivity index is 1.80. The van der Waals surface area contributed by atoms with E-state index in [1.165, 1.54) is 30.5 Å². The highest BCUT2D eigenvalue weighted by Crippen LogP contribution is 2.35. The van der Waals surface area contributed by atoms with E-state index in [2.05, 4.69) is 20.0 Å². The number of fused-ring (bicyclic) bond motifs is 1. The van der Waals surface area contributed by atoms with Gasteiger partial charge in [-0.15, -0.1) is 0 Å². The van der Waals surface area contributed by atoms with Crippen molar-refractivity contribution in [3.05, 3.63) is 53.1 Å². The lowest BCUT2D eigenvalue weighted by molar-refractivity contribution is -0.140. The second kappa shape index (κ2) is 8.15. The first kappa shape index (κ1) is 18.8. The monoisotopic (exact) mass is 378 g/mol. The average molecular weight is 378 g/mol. The van der Waals surface area contributed by atoms with E-state index < -0.39 is 23.7 Å². The van der Waals surface area contributed by atoms with E-state index in [0.717, 1.165) is 11.8 Å². The molecule has 0 aliphatic carbocycles. The third kappa shape index (κ3) is 3.91. The number of benzene rings is 1. The number of carbonyl (C=O) groups excluding carboxylic acids is 2. The molecule has 3 rings (SSSR count). The van der Waals surface area contributed by atoms with Crippen molar-refractivity contribution in [1.82, 2.24) is 20.2 Å². The Morgan fingerprint density at radius 2 is 2.22 bits per heavy atom. The predicted molar refractivity (Wildman–Crippen MR) is 91.8 cm³/mol. The maximum atomic E-state index is 14.4. The summed E-state index contributed by atoms with van der Waals surface area (Å²) in [5, 5.41) is 2.71. The zero-order valence-corrected chi connectivity index (χ0v) is 14.8. The number of esters is 1. The number of ether oxygens (including phenoxy) is 1. The second-order valence-corrected chi connectivity index (χ2v) is 6.17. The summed E-state index contributed by atoms with van der Waals surface area (Å²) in [6, 6.07) is 2.62. The number of aromatic nitrogens is 2. The maximum absolute atomic E-state index is 14.4. The van der Waals surface area contributed by atoms with Crippen LogP contribution in [0.15, 0.2) is 24.5 Å². The number of hydrogen-bond acceptors (Lipinski definition) is 4. The Bertz CT molecular complexity index is 840. The topological polar surface area (TPSA) is 87.3 Å². The number of imidazole rings is 1. The SMILES string of the molecule is COC(=O)CCCNC(=O)N1CCc2[nH]cnc2C1c1cccc(F)c1F. The van der Waals surface area contributed by atoms with E-state index in [1.54, 1.807) is 0 Å². The highest BCUT2D eigenvalue weighted by Gasteiger charge is 2.36. The van der Waals surface area contributed by atoms with Crippen LogP contribution in [0.5, 0.6) is 0 Å². The van der Waals surface area contributed by atoms with E-state index in [0.29, 0.717) is 25.1 Å². The highest BCUT2D eigenvalue weighted by molar-refractivity contribution is 5.76. The molecule has 2 aromatic rings. The van der Waals surface area contributed by atoms with E-state index >= 15 is 0 Å². The number of aromatic amines is 1. The molecule has 0 spiro atoms. The third-order valence-corrected chi connectivity index (χ3v) is 4.52. The van der Waals surface area contributed by atoms with E-state index in [-0.39, 0.29) is 24.5 Å². The lowest BCUT2D eigenvalue weighted by Gasteiger charge is -2.35. The molecule has 0 saturated heterocycles. The first-order chi connectivity index (χ1) is 13.0. The molecule has 1 aromatic heterocycles. The standard InChI is InChI=1S/C18H20F2N4O3/c1-27-14(25)6-3-8-21-18(26)24-9-7-13-16(23-10-22-13)17(24)11-4-2-5-12(19)15(11)20/h2,4-5,10,17H,3,6-9H2,1H3,(H,21,26)(H,22,23). The van der Waals surface area contributed by atoms with Gasteiger partial charge in [-0.25, -0.2) is 18.6 Å². The lowest BCUT2D eigenvalue weighted by atomic mass is 9.95. The summed E-state index contributed by atoms with van der Waals surface area (Å²) in [5.74, 6) is -2.33. The van der Waals surface area contributed by atoms with Crippen LogP contribution in [-0.4, -0.2) is 47.1 Å². The molecular formula is C18H20F2N4O3. The van der Waals surface area contributed by atoms with Crippen LogP contribution in [0.1, 0.15) is 35.8 Å². The number of carbonyl (C=O) groups is 2. The van der Waals surface area contributed by atoms with Gasteiger partial charge in [0.15, 0.2) is 11.6 Å². The van der Waals surface area contributed by atoms with Crippen molar-refractivity contribution in [1.29, 1.82) is 0 Å². The van der Waals surface area contributed by atoms with Crippen LogP contribution in [-0.2, 0) is 16.0 Å². The van der Waals surface area contributed by atoms with Crippen LogP contribution in [0.4, 0.5) is 13.6 Å². The van der Waals surface area contributed by atoms with Crippen molar-refractivity contribution < 1.29 is 23.1 Å². The Hall–Kier alpha value is -2.97. The van der Waals surface area contributed by atoms with Crippen molar-refractivity contribution in [2.24, 2.45) is 0 Å². The summed E-state index contributed by atoms with van der Waals surface area (Å²) in [5.41, 5.74) is 1.33. The third-order valence-electron chi connectivity index (χ3n) is 4.52. The number of urea groups is 1. The van der Waals surface area contributed by atoms with Gasteiger partial charge in [-0.1, -0.05) is 12.1 Å². The van der Waals surface area contributed by atoms with Gasteiger partial charge in [-0.05, 0) is 12.5 Å². The summed E-state index contributed by atoms with van der Waals surface area (Å²) in [7, 11) is 1.30. The number of methoxy groups -OCH3 is 1. The molecule has 7 nitrogen and oxygen atoms in total. The number of nitrogens with one attached hydrogen (secondary N) is 2. The summed E-state index contributed by atoms with van der Waals surface area (Å²) < 4.78 is 32.7. The molecule has 2 N–H and O–H groups in total. The van der Waals surface area contributed by atoms with Gasteiger partial charge in [0.25, 0.3) is 0 Å². The molecule has 27 heavy (non-hydrogen) atoms. The summed E-state index contributed by atoms with van der Waals surface area (Å²) in [6.45, 7) is 0.578. The molecule has 1 unspecified atom stereocenters. The molecule has 0 fully saturated rings. The van der Waals surface area contributed by atoms with Crippen molar-refractivity contribution in [2.75, 3.05) is 20.2 Å². The number of halogens is 2. The van der Waals surface area contributed by atoms with Crippen LogP contribution >= 0.6 is 0 Å². The number of rotatable bonds is 5. The highest BCUT2D eigenvalue weighted by atomic mass is 19.2. The fraction of sp³-hybridized carbons (Fsp3) is 0.389. The molecule has 0 radical (unpaired) electrons. The zero-order chi connectivity index (χ0) is 19.4. The van der Waals surface area contributed by atoms with E-state index in [9.17, 15) is 18.4 Å². The number of hydrogen-bond donors (Lipinski definition) is 2. The molecule has 1 aliphatic heterocycles. The van der Waals surface area contributed by atoms with Crippen molar-refractivity contribution in [3.63, 3.8) is 0 Å². The molecular weight excluding hydrogens is 358 g/mol. The van der Waals surface area contributed by atoms with Gasteiger partial charge in [0.05, 0.1) is 19.1 Å². The fourth-order valence-corrected chi connectivity index (χ4v) is 3.17. The van der Waals surface area contributed by atoms with Gasteiger partial charge >= 0.3 is 12.0 Å². The van der Waals surface area contributed by atoms with Gasteiger partial charge in [-0.3, -0.25) is 4.79 Å². The van der Waals surface area contributed by atoms with Gasteiger partial charge in [-0.2, -0.15) is 0 Å². The molecule has 1 aliphatic rings. The predicted octanol–water partition coefficient (Wildman–Crippen LogP) is 2.30. The summed E-state index contributed by atoms with van der Waals surface area (Å²) >= 11 is 0. The maximum Gasteiger partial charge on any atom is 0.318 e. The van der Waals surface area contributed by atoms with Gasteiger partial charge in [0.1, 0.15) is 6.04 Å². The first-order valence-electron chi connectivity index (χ1n) is 8.60. The molecule has 1 atom stereocenters. The molecule has 0 bridgehead atoms. The van der Waals surface area contributed by atoms with Gasteiger partial charge in [0, 0.05) is 37.2 Å². The lowest BCUT2D eigenvalue weighted by Crippen LogP contribution is -2.46. The van der Waals surface area contributed by atoms with Crippen LogP contribution in [0.3, 0.4) is 0 Å². The van der Waals surface area contributed by atoms with Crippen LogP contribution in [0, 0.1) is 11.6 Å². The Labute approximate surface area is 154 Å². The van der Waals surface area contributed by atoms with Crippen LogP contribution in [0.25, 0.3) is 0 Å². The Kier molecular flexibility index (Phi) is 5.68. The smallest absolute Gasteiger partial charge is 0.318 e. The Morgan fingerprint density at radius 3 is 3.00 bits per heavy atom. The Morgan fingerprint density at radius 1 is 1.41 bits per heavy atom. The van der Waals surface area contributed by atoms with Crippen LogP contribution in [0.2, 0.25) is 0 Å². The largest absolute Gasteiger partial charge is 0.469 e. The van der Waals surface area contributed by atoms with E-state index in [4.69, 9.17) is 0 Å². The van der Waals surface area contributed by atoms with Gasteiger partial charge < -0.3 is 19.9 Å². The molecule has 0 saturated carbocycles. The minimum Gasteiger partial charge on any atom is -0.469 e. The molecule has 2 heterocycles. The van der Waals surface area contributed by atoms with Crippen LogP contribution < -0.4 is 5.32 Å². The quantitative estimate of drug-likeness (QED) is 0.617. The fourth-order valence-electron chi connectivity index (χ4n) is 3.17. The van der Waals surface area contributed by atoms with Crippen molar-refractivity contribution >= 4 is 12.0 Å². The molecule has 1 aromatic carbocycles. The average Bonchev–Trinajstić information content (AvgIpc) is 3.15. The van der Waals surface area contributed by atoms with Crippen molar-refractivity contribution in [2.45, 2.75) is 25.3 Å². The minimum absolute atomic E-state index is 0.0489. The number of H-pyrrole nitrogens is 1. The van der Waals surface area contributed by atoms with E-state index in [1.807, 2.05) is 0 Å². The summed E-state index contributed by atoms with van der Waals surface area (Å²) in [4.78, 5) is 32.4. The second-order valence-electron chi connectivity index (χ2n) is 6.17. The summed E-state index contributed by atoms with van der Waals surface area (Å²) in [6.07, 6.45) is 2.60. The molecule has 144 valence electrons. The number of nitrogens with zero attached hydrogens (tertiary/aromatic N) is 2. The first-order valence-corrected chi connectivity index (χ1v) is 8.60. The zero-order valence-electron chi connectivity index (χ0n) is 14.8. The number of amides is 2. The normalized spacial score (nSPS) is 16.0. The molecule has 9 heteroatoms. The van der Waals surface area contributed by atoms with Crippen molar-refractivity contribution in [3.8, 4) is 0 Å². The molecule has 2 amide bonds. The van der Waals surface area contributed by atoms with Gasteiger partial charge in [0.2, 0.25) is 0 Å². The minimum atomic E-state index is -0.998.